The highest BCUT2D eigenvalue weighted by Gasteiger charge is 2.27. The monoisotopic (exact) mass is 218 g/mol. The van der Waals surface area contributed by atoms with Crippen LogP contribution in [0.4, 0.5) is 0 Å². The van der Waals surface area contributed by atoms with E-state index in [0.29, 0.717) is 0 Å². The van der Waals surface area contributed by atoms with Crippen molar-refractivity contribution >= 4 is 34.0 Å². The molecular weight excluding hydrogens is 207 g/mol. The van der Waals surface area contributed by atoms with Crippen LogP contribution < -0.4 is 5.19 Å². The largest absolute Gasteiger partial charge is 0.280 e. The SMILES string of the molecule is CC[Si](Cl)(Cl)c1ccc(C)cc1. The van der Waals surface area contributed by atoms with Crippen molar-refractivity contribution in [2.75, 3.05) is 0 Å². The second kappa shape index (κ2) is 3.82. The van der Waals surface area contributed by atoms with Gasteiger partial charge >= 0.3 is 0 Å². The van der Waals surface area contributed by atoms with Crippen LogP contribution in [0, 0.1) is 6.92 Å². The summed E-state index contributed by atoms with van der Waals surface area (Å²) >= 11 is 12.4. The van der Waals surface area contributed by atoms with Crippen molar-refractivity contribution in [3.8, 4) is 0 Å². The third kappa shape index (κ3) is 2.25. The Hall–Kier alpha value is 0.0169. The average molecular weight is 219 g/mol. The quantitative estimate of drug-likeness (QED) is 0.529. The molecule has 0 aromatic heterocycles. The van der Waals surface area contributed by atoms with Crippen LogP contribution in [0.25, 0.3) is 0 Å². The van der Waals surface area contributed by atoms with E-state index in [4.69, 9.17) is 22.2 Å². The summed E-state index contributed by atoms with van der Waals surface area (Å²) in [6.07, 6.45) is 0. The molecule has 0 saturated carbocycles. The third-order valence-corrected chi connectivity index (χ3v) is 6.90. The average Bonchev–Trinajstić information content (AvgIpc) is 2.05. The van der Waals surface area contributed by atoms with Crippen LogP contribution in [0.15, 0.2) is 24.3 Å². The maximum absolute atomic E-state index is 6.20. The Morgan fingerprint density at radius 1 is 1.17 bits per heavy atom. The molecule has 1 aromatic carbocycles. The summed E-state index contributed by atoms with van der Waals surface area (Å²) in [6, 6.07) is 9.03. The molecule has 0 radical (unpaired) electrons. The summed E-state index contributed by atoms with van der Waals surface area (Å²) in [6.45, 7) is 1.96. The first kappa shape index (κ1) is 10.1. The lowest BCUT2D eigenvalue weighted by atomic mass is 10.2. The van der Waals surface area contributed by atoms with Gasteiger partial charge in [-0.15, -0.1) is 22.2 Å². The first-order valence-electron chi connectivity index (χ1n) is 4.01. The molecule has 3 heteroatoms. The number of halogens is 2. The van der Waals surface area contributed by atoms with E-state index in [1.165, 1.54) is 5.56 Å². The Morgan fingerprint density at radius 3 is 2.08 bits per heavy atom. The van der Waals surface area contributed by atoms with Crippen LogP contribution in [0.3, 0.4) is 0 Å². The molecule has 0 amide bonds. The fourth-order valence-electron chi connectivity index (χ4n) is 1.00. The van der Waals surface area contributed by atoms with Gasteiger partial charge in [-0.05, 0) is 18.2 Å². The molecule has 1 aromatic rings. The molecule has 0 N–H and O–H groups in total. The maximum atomic E-state index is 6.20. The highest BCUT2D eigenvalue weighted by Crippen LogP contribution is 2.19. The van der Waals surface area contributed by atoms with E-state index in [1.54, 1.807) is 0 Å². The molecular formula is C9H12Cl2Si. The first-order chi connectivity index (χ1) is 5.56. The molecule has 1 rings (SSSR count). The Kier molecular flexibility index (Phi) is 3.21. The van der Waals surface area contributed by atoms with Crippen molar-refractivity contribution in [2.45, 2.75) is 19.9 Å². The fourth-order valence-corrected chi connectivity index (χ4v) is 2.82. The van der Waals surface area contributed by atoms with Crippen molar-refractivity contribution < 1.29 is 0 Å². The van der Waals surface area contributed by atoms with Gasteiger partial charge in [0.2, 0.25) is 0 Å². The van der Waals surface area contributed by atoms with E-state index in [-0.39, 0.29) is 0 Å². The van der Waals surface area contributed by atoms with Gasteiger partial charge in [0.05, 0.1) is 0 Å². The van der Waals surface area contributed by atoms with Crippen molar-refractivity contribution in [1.29, 1.82) is 0 Å². The van der Waals surface area contributed by atoms with Gasteiger partial charge in [0, 0.05) is 0 Å². The zero-order valence-electron chi connectivity index (χ0n) is 7.27. The topological polar surface area (TPSA) is 0 Å². The van der Waals surface area contributed by atoms with Crippen LogP contribution in [0.1, 0.15) is 12.5 Å². The van der Waals surface area contributed by atoms with Gasteiger partial charge in [-0.2, -0.15) is 0 Å². The molecule has 0 aliphatic rings. The van der Waals surface area contributed by atoms with Gasteiger partial charge in [0.15, 0.2) is 0 Å². The van der Waals surface area contributed by atoms with Crippen molar-refractivity contribution in [3.63, 3.8) is 0 Å². The molecule has 0 heterocycles. The molecule has 0 bridgehead atoms. The van der Waals surface area contributed by atoms with Crippen molar-refractivity contribution in [2.24, 2.45) is 0 Å². The summed E-state index contributed by atoms with van der Waals surface area (Å²) in [5.41, 5.74) is 1.24. The highest BCUT2D eigenvalue weighted by atomic mass is 35.7. The van der Waals surface area contributed by atoms with Crippen LogP contribution in [-0.4, -0.2) is 6.69 Å². The molecule has 0 spiro atoms. The smallest absolute Gasteiger partial charge is 0.140 e. The van der Waals surface area contributed by atoms with Gasteiger partial charge in [0.25, 0.3) is 6.69 Å². The third-order valence-electron chi connectivity index (χ3n) is 1.92. The number of hydrogen-bond donors (Lipinski definition) is 0. The Bertz CT molecular complexity index is 254. The second-order valence-electron chi connectivity index (χ2n) is 2.92. The highest BCUT2D eigenvalue weighted by molar-refractivity contribution is 7.50. The maximum Gasteiger partial charge on any atom is 0.280 e. The lowest BCUT2D eigenvalue weighted by molar-refractivity contribution is 1.43. The van der Waals surface area contributed by atoms with Crippen LogP contribution in [-0.2, 0) is 0 Å². The minimum atomic E-state index is -2.13. The van der Waals surface area contributed by atoms with Crippen LogP contribution in [0.5, 0.6) is 0 Å². The number of benzene rings is 1. The van der Waals surface area contributed by atoms with Crippen molar-refractivity contribution in [3.05, 3.63) is 29.8 Å². The minimum absolute atomic E-state index is 0.860. The molecule has 12 heavy (non-hydrogen) atoms. The molecule has 0 atom stereocenters. The predicted octanol–water partition coefficient (Wildman–Crippen LogP) is 3.14. The fraction of sp³-hybridized carbons (Fsp3) is 0.333. The van der Waals surface area contributed by atoms with E-state index in [9.17, 15) is 0 Å². The Balaban J connectivity index is 2.96. The van der Waals surface area contributed by atoms with E-state index >= 15 is 0 Å². The predicted molar refractivity (Wildman–Crippen MR) is 58.8 cm³/mol. The molecule has 0 aliphatic heterocycles. The first-order valence-corrected chi connectivity index (χ1v) is 8.24. The minimum Gasteiger partial charge on any atom is -0.140 e. The molecule has 0 aliphatic carbocycles. The molecule has 0 fully saturated rings. The zero-order valence-corrected chi connectivity index (χ0v) is 9.78. The normalized spacial score (nSPS) is 11.7. The van der Waals surface area contributed by atoms with Crippen LogP contribution in [0.2, 0.25) is 6.04 Å². The van der Waals surface area contributed by atoms with E-state index in [1.807, 2.05) is 19.1 Å². The lowest BCUT2D eigenvalue weighted by Gasteiger charge is -2.14. The van der Waals surface area contributed by atoms with Crippen molar-refractivity contribution in [1.82, 2.24) is 0 Å². The van der Waals surface area contributed by atoms with Crippen LogP contribution >= 0.6 is 22.2 Å². The molecule has 66 valence electrons. The van der Waals surface area contributed by atoms with E-state index in [2.05, 4.69) is 19.1 Å². The van der Waals surface area contributed by atoms with Gasteiger partial charge in [0.1, 0.15) is 0 Å². The summed E-state index contributed by atoms with van der Waals surface area (Å²) in [5, 5.41) is 1.11. The molecule has 0 nitrogen and oxygen atoms in total. The van der Waals surface area contributed by atoms with Gasteiger partial charge in [-0.3, -0.25) is 0 Å². The lowest BCUT2D eigenvalue weighted by Crippen LogP contribution is -2.35. The summed E-state index contributed by atoms with van der Waals surface area (Å²) < 4.78 is 0. The summed E-state index contributed by atoms with van der Waals surface area (Å²) in [5.74, 6) is 0. The standard InChI is InChI=1S/C9H12Cl2Si/c1-3-12(10,11)9-6-4-8(2)5-7-9/h4-7H,3H2,1-2H3. The number of rotatable bonds is 2. The Morgan fingerprint density at radius 2 is 1.67 bits per heavy atom. The van der Waals surface area contributed by atoms with Gasteiger partial charge in [-0.25, -0.2) is 0 Å². The zero-order chi connectivity index (χ0) is 9.19. The Labute approximate surface area is 83.9 Å². The number of aryl methyl sites for hydroxylation is 1. The van der Waals surface area contributed by atoms with Gasteiger partial charge in [-0.1, -0.05) is 36.8 Å². The summed E-state index contributed by atoms with van der Waals surface area (Å²) in [7, 11) is 0. The van der Waals surface area contributed by atoms with E-state index < -0.39 is 6.69 Å². The second-order valence-corrected chi connectivity index (χ2v) is 10.1. The number of hydrogen-bond acceptors (Lipinski definition) is 0. The molecule has 0 saturated heterocycles. The van der Waals surface area contributed by atoms with Gasteiger partial charge < -0.3 is 0 Å². The molecule has 0 unspecified atom stereocenters. The summed E-state index contributed by atoms with van der Waals surface area (Å²) in [4.78, 5) is 0. The van der Waals surface area contributed by atoms with E-state index in [0.717, 1.165) is 11.2 Å².